The molecule has 1 aromatic carbocycles. The number of aromatic amines is 1. The molecule has 2 N–H and O–H groups in total. The van der Waals surface area contributed by atoms with Crippen molar-refractivity contribution in [3.8, 4) is 0 Å². The predicted octanol–water partition coefficient (Wildman–Crippen LogP) is 1.72. The number of carbonyl (C=O) groups excluding carboxylic acids is 1. The smallest absolute Gasteiger partial charge is 0.287 e. The molecule has 0 fully saturated rings. The van der Waals surface area contributed by atoms with Crippen LogP contribution >= 0.6 is 0 Å². The second-order valence-electron chi connectivity index (χ2n) is 4.07. The molecule has 0 aliphatic carbocycles. The molecule has 0 saturated carbocycles. The molecule has 0 spiro atoms. The molecular formula is C14H11N5O. The number of para-hydroxylation sites is 2. The fraction of sp³-hybridized carbons (Fsp3) is 0. The van der Waals surface area contributed by atoms with Gasteiger partial charge in [0.05, 0.1) is 23.4 Å². The lowest BCUT2D eigenvalue weighted by atomic mass is 10.3. The van der Waals surface area contributed by atoms with Gasteiger partial charge >= 0.3 is 0 Å². The van der Waals surface area contributed by atoms with Gasteiger partial charge in [0.2, 0.25) is 0 Å². The van der Waals surface area contributed by atoms with E-state index in [4.69, 9.17) is 0 Å². The van der Waals surface area contributed by atoms with E-state index < -0.39 is 0 Å². The summed E-state index contributed by atoms with van der Waals surface area (Å²) in [6, 6.07) is 11.0. The van der Waals surface area contributed by atoms with E-state index in [1.807, 2.05) is 24.3 Å². The number of rotatable bonds is 3. The van der Waals surface area contributed by atoms with Crippen molar-refractivity contribution in [3.63, 3.8) is 0 Å². The van der Waals surface area contributed by atoms with Crippen molar-refractivity contribution in [1.82, 2.24) is 20.4 Å². The van der Waals surface area contributed by atoms with Crippen LogP contribution in [0.15, 0.2) is 53.9 Å². The summed E-state index contributed by atoms with van der Waals surface area (Å²) < 4.78 is 0. The fourth-order valence-electron chi connectivity index (χ4n) is 1.72. The molecule has 20 heavy (non-hydrogen) atoms. The summed E-state index contributed by atoms with van der Waals surface area (Å²) in [5.41, 5.74) is 5.05. The third-order valence-electron chi connectivity index (χ3n) is 2.67. The summed E-state index contributed by atoms with van der Waals surface area (Å²) in [5, 5.41) is 3.86. The minimum Gasteiger partial charge on any atom is -0.357 e. The van der Waals surface area contributed by atoms with Gasteiger partial charge in [-0.2, -0.15) is 5.10 Å². The van der Waals surface area contributed by atoms with Gasteiger partial charge in [-0.05, 0) is 24.3 Å². The van der Waals surface area contributed by atoms with E-state index in [0.717, 1.165) is 11.0 Å². The third kappa shape index (κ3) is 2.54. The molecule has 98 valence electrons. The first-order chi connectivity index (χ1) is 9.83. The van der Waals surface area contributed by atoms with Crippen LogP contribution in [0.3, 0.4) is 0 Å². The van der Waals surface area contributed by atoms with E-state index in [-0.39, 0.29) is 5.91 Å². The Morgan fingerprint density at radius 1 is 1.20 bits per heavy atom. The van der Waals surface area contributed by atoms with Crippen LogP contribution in [0, 0.1) is 0 Å². The molecule has 0 radical (unpaired) electrons. The first-order valence-electron chi connectivity index (χ1n) is 6.01. The Labute approximate surface area is 114 Å². The van der Waals surface area contributed by atoms with Crippen molar-refractivity contribution in [2.45, 2.75) is 0 Å². The number of hydrogen-bond acceptors (Lipinski definition) is 4. The molecule has 3 aromatic rings. The molecule has 1 amide bonds. The van der Waals surface area contributed by atoms with Gasteiger partial charge in [0.15, 0.2) is 0 Å². The lowest BCUT2D eigenvalue weighted by molar-refractivity contribution is 0.0951. The second-order valence-corrected chi connectivity index (χ2v) is 4.07. The Bertz CT molecular complexity index is 764. The van der Waals surface area contributed by atoms with Crippen molar-refractivity contribution in [2.24, 2.45) is 5.10 Å². The van der Waals surface area contributed by atoms with Gasteiger partial charge in [-0.1, -0.05) is 12.1 Å². The van der Waals surface area contributed by atoms with Crippen LogP contribution in [-0.2, 0) is 0 Å². The summed E-state index contributed by atoms with van der Waals surface area (Å²) in [6.45, 7) is 0. The van der Waals surface area contributed by atoms with Gasteiger partial charge in [0.1, 0.15) is 11.4 Å². The number of hydrogen-bond donors (Lipinski definition) is 2. The Hall–Kier alpha value is -3.02. The maximum absolute atomic E-state index is 11.6. The van der Waals surface area contributed by atoms with Crippen molar-refractivity contribution in [3.05, 3.63) is 60.2 Å². The van der Waals surface area contributed by atoms with Crippen LogP contribution in [0.25, 0.3) is 11.0 Å². The van der Waals surface area contributed by atoms with Gasteiger partial charge in [-0.15, -0.1) is 0 Å². The highest BCUT2D eigenvalue weighted by Crippen LogP contribution is 2.07. The molecule has 0 aliphatic rings. The minimum absolute atomic E-state index is 0.306. The van der Waals surface area contributed by atoms with Gasteiger partial charge in [-0.25, -0.2) is 10.4 Å². The standard InChI is InChI=1S/C14H11N5O/c20-14(13-6-3-7-15-13)19-17-9-10-8-16-11-4-1-2-5-12(11)18-10/h1-9,15H,(H,19,20)/b17-9-. The van der Waals surface area contributed by atoms with Crippen LogP contribution < -0.4 is 5.43 Å². The molecule has 6 heteroatoms. The summed E-state index contributed by atoms with van der Waals surface area (Å²) in [6.07, 6.45) is 4.74. The molecular weight excluding hydrogens is 254 g/mol. The Morgan fingerprint density at radius 3 is 2.85 bits per heavy atom. The summed E-state index contributed by atoms with van der Waals surface area (Å²) in [7, 11) is 0. The number of benzene rings is 1. The van der Waals surface area contributed by atoms with E-state index in [9.17, 15) is 4.79 Å². The zero-order valence-electron chi connectivity index (χ0n) is 10.4. The average Bonchev–Trinajstić information content (AvgIpc) is 3.01. The molecule has 2 heterocycles. The largest absolute Gasteiger partial charge is 0.357 e. The Morgan fingerprint density at radius 2 is 2.05 bits per heavy atom. The lowest BCUT2D eigenvalue weighted by Gasteiger charge is -1.98. The zero-order valence-corrected chi connectivity index (χ0v) is 10.4. The highest BCUT2D eigenvalue weighted by molar-refractivity contribution is 5.93. The number of H-pyrrole nitrogens is 1. The Balaban J connectivity index is 1.72. The molecule has 0 saturated heterocycles. The predicted molar refractivity (Wildman–Crippen MR) is 75.4 cm³/mol. The van der Waals surface area contributed by atoms with E-state index in [1.165, 1.54) is 6.21 Å². The topological polar surface area (TPSA) is 83.0 Å². The van der Waals surface area contributed by atoms with Crippen LogP contribution in [0.2, 0.25) is 0 Å². The highest BCUT2D eigenvalue weighted by atomic mass is 16.2. The fourth-order valence-corrected chi connectivity index (χ4v) is 1.72. The van der Waals surface area contributed by atoms with Crippen LogP contribution in [0.1, 0.15) is 16.2 Å². The second kappa shape index (κ2) is 5.31. The SMILES string of the molecule is O=C(N/N=C\c1cnc2ccccc2n1)c1ccc[nH]1. The molecule has 0 atom stereocenters. The normalized spacial score (nSPS) is 11.0. The Kier molecular flexibility index (Phi) is 3.20. The van der Waals surface area contributed by atoms with Crippen molar-refractivity contribution < 1.29 is 4.79 Å². The first-order valence-corrected chi connectivity index (χ1v) is 6.01. The molecule has 0 bridgehead atoms. The van der Waals surface area contributed by atoms with Crippen molar-refractivity contribution >= 4 is 23.2 Å². The van der Waals surface area contributed by atoms with Gasteiger partial charge in [-0.3, -0.25) is 9.78 Å². The lowest BCUT2D eigenvalue weighted by Crippen LogP contribution is -2.17. The number of nitrogens with one attached hydrogen (secondary N) is 2. The minimum atomic E-state index is -0.306. The third-order valence-corrected chi connectivity index (χ3v) is 2.67. The number of carbonyl (C=O) groups is 1. The molecule has 3 rings (SSSR count). The summed E-state index contributed by atoms with van der Waals surface area (Å²) in [4.78, 5) is 23.0. The maximum atomic E-state index is 11.6. The summed E-state index contributed by atoms with van der Waals surface area (Å²) >= 11 is 0. The number of hydrazone groups is 1. The van der Waals surface area contributed by atoms with Gasteiger partial charge < -0.3 is 4.98 Å². The van der Waals surface area contributed by atoms with Crippen LogP contribution in [0.5, 0.6) is 0 Å². The van der Waals surface area contributed by atoms with E-state index in [2.05, 4.69) is 25.5 Å². The quantitative estimate of drug-likeness (QED) is 0.558. The zero-order chi connectivity index (χ0) is 13.8. The molecule has 0 unspecified atom stereocenters. The molecule has 6 nitrogen and oxygen atoms in total. The van der Waals surface area contributed by atoms with E-state index in [1.54, 1.807) is 24.5 Å². The summed E-state index contributed by atoms with van der Waals surface area (Å²) in [5.74, 6) is -0.306. The molecule has 2 aromatic heterocycles. The average molecular weight is 265 g/mol. The number of fused-ring (bicyclic) bond motifs is 1. The maximum Gasteiger partial charge on any atom is 0.287 e. The first kappa shape index (κ1) is 12.0. The highest BCUT2D eigenvalue weighted by Gasteiger charge is 2.03. The van der Waals surface area contributed by atoms with Crippen LogP contribution in [0.4, 0.5) is 0 Å². The van der Waals surface area contributed by atoms with Gasteiger partial charge in [0.25, 0.3) is 5.91 Å². The van der Waals surface area contributed by atoms with Gasteiger partial charge in [0, 0.05) is 6.20 Å². The van der Waals surface area contributed by atoms with E-state index in [0.29, 0.717) is 11.4 Å². The molecule has 0 aliphatic heterocycles. The number of amides is 1. The number of nitrogens with zero attached hydrogens (tertiary/aromatic N) is 3. The monoisotopic (exact) mass is 265 g/mol. The van der Waals surface area contributed by atoms with Crippen LogP contribution in [-0.4, -0.2) is 27.1 Å². The number of aromatic nitrogens is 3. The van der Waals surface area contributed by atoms with E-state index >= 15 is 0 Å². The van der Waals surface area contributed by atoms with Crippen molar-refractivity contribution in [1.29, 1.82) is 0 Å². The van der Waals surface area contributed by atoms with Crippen molar-refractivity contribution in [2.75, 3.05) is 0 Å².